The maximum absolute atomic E-state index is 13.6. The van der Waals surface area contributed by atoms with Gasteiger partial charge in [0.05, 0.1) is 17.7 Å². The number of aromatic amines is 1. The normalized spacial score (nSPS) is 16.6. The van der Waals surface area contributed by atoms with Gasteiger partial charge in [0.15, 0.2) is 5.78 Å². The molecule has 0 bridgehead atoms. The Labute approximate surface area is 237 Å². The van der Waals surface area contributed by atoms with Gasteiger partial charge in [-0.2, -0.15) is 26.3 Å². The van der Waals surface area contributed by atoms with Crippen LogP contribution in [0, 0.1) is 6.92 Å². The SMILES string of the molecule is Cc1ccc(C(=O)CN2CCN(C(=O)c3cc(C(F)(F)F)cc(C(F)(F)F)c3)[C@H](Cc3c[nH]c4ccccc34)C2)cc1. The molecule has 0 radical (unpaired) electrons. The number of halogens is 6. The summed E-state index contributed by atoms with van der Waals surface area (Å²) in [6, 6.07) is 14.9. The van der Waals surface area contributed by atoms with Gasteiger partial charge in [-0.3, -0.25) is 14.5 Å². The number of carbonyl (C=O) groups is 2. The number of hydrogen-bond acceptors (Lipinski definition) is 3. The molecule has 1 aliphatic heterocycles. The van der Waals surface area contributed by atoms with Crippen LogP contribution in [0.1, 0.15) is 43.0 Å². The van der Waals surface area contributed by atoms with E-state index in [4.69, 9.17) is 0 Å². The van der Waals surface area contributed by atoms with Crippen molar-refractivity contribution in [3.05, 3.63) is 106 Å². The summed E-state index contributed by atoms with van der Waals surface area (Å²) in [5, 5.41) is 0.885. The Morgan fingerprint density at radius 3 is 2.14 bits per heavy atom. The summed E-state index contributed by atoms with van der Waals surface area (Å²) in [5.74, 6) is -1.06. The average Bonchev–Trinajstić information content (AvgIpc) is 3.34. The number of rotatable bonds is 6. The van der Waals surface area contributed by atoms with E-state index in [9.17, 15) is 35.9 Å². The van der Waals surface area contributed by atoms with Crippen LogP contribution >= 0.6 is 0 Å². The fourth-order valence-electron chi connectivity index (χ4n) is 5.34. The third-order valence-corrected chi connectivity index (χ3v) is 7.53. The van der Waals surface area contributed by atoms with E-state index in [1.165, 1.54) is 4.90 Å². The number of aromatic nitrogens is 1. The molecule has 3 aromatic carbocycles. The number of Topliss-reactive ketones (excluding diaryl/α,β-unsaturated/α-hetero) is 1. The number of piperazine rings is 1. The van der Waals surface area contributed by atoms with Gasteiger partial charge in [0.2, 0.25) is 0 Å². The minimum absolute atomic E-state index is 0.00876. The highest BCUT2D eigenvalue weighted by molar-refractivity contribution is 5.98. The molecule has 1 saturated heterocycles. The largest absolute Gasteiger partial charge is 0.416 e. The molecule has 2 heterocycles. The number of alkyl halides is 6. The van der Waals surface area contributed by atoms with Gasteiger partial charge in [-0.15, -0.1) is 0 Å². The Kier molecular flexibility index (Phi) is 7.89. The van der Waals surface area contributed by atoms with E-state index in [2.05, 4.69) is 4.98 Å². The first-order valence-electron chi connectivity index (χ1n) is 13.3. The van der Waals surface area contributed by atoms with Crippen LogP contribution < -0.4 is 0 Å². The van der Waals surface area contributed by atoms with E-state index in [0.29, 0.717) is 17.7 Å². The summed E-state index contributed by atoms with van der Waals surface area (Å²) >= 11 is 0. The zero-order valence-corrected chi connectivity index (χ0v) is 22.5. The first-order valence-corrected chi connectivity index (χ1v) is 13.3. The zero-order chi connectivity index (χ0) is 30.2. The lowest BCUT2D eigenvalue weighted by Gasteiger charge is -2.41. The molecule has 4 aromatic rings. The van der Waals surface area contributed by atoms with Gasteiger partial charge in [-0.05, 0) is 43.2 Å². The molecule has 5 nitrogen and oxygen atoms in total. The maximum Gasteiger partial charge on any atom is 0.416 e. The molecule has 1 aliphatic rings. The van der Waals surface area contributed by atoms with Gasteiger partial charge in [-0.25, -0.2) is 0 Å². The van der Waals surface area contributed by atoms with E-state index in [-0.39, 0.29) is 44.4 Å². The van der Waals surface area contributed by atoms with Gasteiger partial charge in [0, 0.05) is 53.9 Å². The number of ketones is 1. The van der Waals surface area contributed by atoms with E-state index in [0.717, 1.165) is 22.0 Å². The van der Waals surface area contributed by atoms with Crippen molar-refractivity contribution in [2.75, 3.05) is 26.2 Å². The standard InChI is InChI=1S/C31H27F6N3O2/c1-19-6-8-20(9-7-19)28(41)18-39-10-11-40(25(17-39)14-22-16-38-27-5-3-2-4-26(22)27)29(42)21-12-23(30(32,33)34)15-24(13-21)31(35,36)37/h2-9,12-13,15-16,25,38H,10-11,14,17-18H2,1H3/t25-/m1/s1. The summed E-state index contributed by atoms with van der Waals surface area (Å²) in [5.41, 5.74) is -0.574. The molecule has 0 spiro atoms. The molecule has 1 N–H and O–H groups in total. The molecule has 11 heteroatoms. The molecule has 220 valence electrons. The van der Waals surface area contributed by atoms with Crippen LogP contribution in [0.5, 0.6) is 0 Å². The van der Waals surface area contributed by atoms with Crippen molar-refractivity contribution < 1.29 is 35.9 Å². The van der Waals surface area contributed by atoms with Gasteiger partial charge in [0.25, 0.3) is 5.91 Å². The first-order chi connectivity index (χ1) is 19.8. The van der Waals surface area contributed by atoms with Gasteiger partial charge < -0.3 is 9.88 Å². The number of hydrogen-bond donors (Lipinski definition) is 1. The molecule has 1 fully saturated rings. The number of H-pyrrole nitrogens is 1. The minimum atomic E-state index is -5.07. The molecule has 0 saturated carbocycles. The van der Waals surface area contributed by atoms with Crippen molar-refractivity contribution in [1.29, 1.82) is 0 Å². The van der Waals surface area contributed by atoms with Crippen LogP contribution in [0.25, 0.3) is 10.9 Å². The Morgan fingerprint density at radius 2 is 1.50 bits per heavy atom. The van der Waals surface area contributed by atoms with Crippen molar-refractivity contribution in [2.24, 2.45) is 0 Å². The van der Waals surface area contributed by atoms with Crippen LogP contribution in [-0.4, -0.2) is 58.7 Å². The first kappa shape index (κ1) is 29.4. The number of amides is 1. The summed E-state index contributed by atoms with van der Waals surface area (Å²) in [4.78, 5) is 33.0. The van der Waals surface area contributed by atoms with E-state index >= 15 is 0 Å². The van der Waals surface area contributed by atoms with Crippen molar-refractivity contribution >= 4 is 22.6 Å². The predicted molar refractivity (Wildman–Crippen MR) is 145 cm³/mol. The monoisotopic (exact) mass is 587 g/mol. The van der Waals surface area contributed by atoms with Crippen molar-refractivity contribution in [3.63, 3.8) is 0 Å². The minimum Gasteiger partial charge on any atom is -0.361 e. The Hall–Kier alpha value is -4.12. The second-order valence-electron chi connectivity index (χ2n) is 10.5. The average molecular weight is 588 g/mol. The van der Waals surface area contributed by atoms with Crippen LogP contribution in [0.4, 0.5) is 26.3 Å². The van der Waals surface area contributed by atoms with Gasteiger partial charge >= 0.3 is 12.4 Å². The summed E-state index contributed by atoms with van der Waals surface area (Å²) in [6.07, 6.45) is -8.10. The topological polar surface area (TPSA) is 56.4 Å². The van der Waals surface area contributed by atoms with Crippen LogP contribution in [0.15, 0.2) is 72.9 Å². The highest BCUT2D eigenvalue weighted by atomic mass is 19.4. The second kappa shape index (κ2) is 11.3. The second-order valence-corrected chi connectivity index (χ2v) is 10.5. The lowest BCUT2D eigenvalue weighted by molar-refractivity contribution is -0.143. The molecule has 0 unspecified atom stereocenters. The summed E-state index contributed by atoms with van der Waals surface area (Å²) < 4.78 is 81.1. The third kappa shape index (κ3) is 6.35. The lowest BCUT2D eigenvalue weighted by atomic mass is 9.98. The number of carbonyl (C=O) groups excluding carboxylic acids is 2. The quantitative estimate of drug-likeness (QED) is 0.200. The maximum atomic E-state index is 13.6. The molecule has 5 rings (SSSR count). The fraction of sp³-hybridized carbons (Fsp3) is 0.290. The molecule has 1 amide bonds. The van der Waals surface area contributed by atoms with Crippen LogP contribution in [0.2, 0.25) is 0 Å². The van der Waals surface area contributed by atoms with Crippen LogP contribution in [-0.2, 0) is 18.8 Å². The third-order valence-electron chi connectivity index (χ3n) is 7.53. The fourth-order valence-corrected chi connectivity index (χ4v) is 5.34. The number of nitrogens with zero attached hydrogens (tertiary/aromatic N) is 2. The Bertz CT molecular complexity index is 1580. The highest BCUT2D eigenvalue weighted by Gasteiger charge is 2.39. The molecule has 1 atom stereocenters. The lowest BCUT2D eigenvalue weighted by Crippen LogP contribution is -2.56. The van der Waals surface area contributed by atoms with E-state index < -0.39 is 41.0 Å². The van der Waals surface area contributed by atoms with Crippen molar-refractivity contribution in [3.8, 4) is 0 Å². The van der Waals surface area contributed by atoms with Crippen LogP contribution in [0.3, 0.4) is 0 Å². The number of para-hydroxylation sites is 1. The van der Waals surface area contributed by atoms with E-state index in [1.54, 1.807) is 18.3 Å². The Morgan fingerprint density at radius 1 is 0.857 bits per heavy atom. The van der Waals surface area contributed by atoms with Gasteiger partial charge in [0.1, 0.15) is 0 Å². The number of benzene rings is 3. The van der Waals surface area contributed by atoms with Crippen molar-refractivity contribution in [2.45, 2.75) is 31.7 Å². The summed E-state index contributed by atoms with van der Waals surface area (Å²) in [7, 11) is 0. The summed E-state index contributed by atoms with van der Waals surface area (Å²) in [6.45, 7) is 2.40. The number of nitrogens with one attached hydrogen (secondary N) is 1. The van der Waals surface area contributed by atoms with Crippen molar-refractivity contribution in [1.82, 2.24) is 14.8 Å². The molecular formula is C31H27F6N3O2. The number of aryl methyl sites for hydroxylation is 1. The molecule has 1 aromatic heterocycles. The van der Waals surface area contributed by atoms with E-state index in [1.807, 2.05) is 48.2 Å². The number of fused-ring (bicyclic) bond motifs is 1. The predicted octanol–water partition coefficient (Wildman–Crippen LogP) is 6.77. The zero-order valence-electron chi connectivity index (χ0n) is 22.5. The Balaban J connectivity index is 1.46. The highest BCUT2D eigenvalue weighted by Crippen LogP contribution is 2.37. The molecular weight excluding hydrogens is 560 g/mol. The molecule has 42 heavy (non-hydrogen) atoms. The van der Waals surface area contributed by atoms with Gasteiger partial charge in [-0.1, -0.05) is 48.0 Å². The molecule has 0 aliphatic carbocycles. The smallest absolute Gasteiger partial charge is 0.361 e.